The minimum absolute atomic E-state index is 0.186. The van der Waals surface area contributed by atoms with Gasteiger partial charge in [-0.25, -0.2) is 0 Å². The topological polar surface area (TPSA) is 104 Å². The molecule has 0 aliphatic heterocycles. The predicted molar refractivity (Wildman–Crippen MR) is 33.1 cm³/mol. The molecule has 5 heteroatoms. The molecule has 0 bridgehead atoms. The Labute approximate surface area is 59.5 Å². The number of carbonyl (C=O) groups is 1. The van der Waals surface area contributed by atoms with Gasteiger partial charge in [0.25, 0.3) is 0 Å². The van der Waals surface area contributed by atoms with Crippen molar-refractivity contribution >= 4 is 6.29 Å². The molecule has 0 spiro atoms. The van der Waals surface area contributed by atoms with Crippen LogP contribution in [0.4, 0.5) is 0 Å². The van der Waals surface area contributed by atoms with Crippen molar-refractivity contribution in [2.45, 2.75) is 18.2 Å². The Kier molecular flexibility index (Phi) is 3.31. The number of aldehydes is 1. The Balaban J connectivity index is 4.02. The second kappa shape index (κ2) is 4.35. The van der Waals surface area contributed by atoms with Crippen molar-refractivity contribution < 1.29 is 21.5 Å². The zero-order chi connectivity index (χ0) is 8.85. The predicted octanol–water partition coefficient (Wildman–Crippen LogP) is -2.77. The minimum Gasteiger partial charge on any atom is -0.394 e. The van der Waals surface area contributed by atoms with Gasteiger partial charge in [-0.15, -0.1) is 0 Å². The quantitative estimate of drug-likeness (QED) is 0.317. The summed E-state index contributed by atoms with van der Waals surface area (Å²) < 4.78 is 6.59. The molecule has 5 nitrogen and oxygen atoms in total. The molecule has 5 N–H and O–H groups in total. The lowest BCUT2D eigenvalue weighted by atomic mass is 10.1. The maximum atomic E-state index is 9.96. The van der Waals surface area contributed by atoms with Gasteiger partial charge in [-0.2, -0.15) is 0 Å². The van der Waals surface area contributed by atoms with Crippen LogP contribution in [-0.2, 0) is 4.79 Å². The maximum Gasteiger partial charge on any atom is 0.150 e. The summed E-state index contributed by atoms with van der Waals surface area (Å²) in [7, 11) is 0. The van der Waals surface area contributed by atoms with Crippen LogP contribution in [0.15, 0.2) is 0 Å². The highest BCUT2D eigenvalue weighted by Gasteiger charge is 2.21. The first-order valence-electron chi connectivity index (χ1n) is 3.27. The van der Waals surface area contributed by atoms with Crippen molar-refractivity contribution in [1.29, 1.82) is 0 Å². The summed E-state index contributed by atoms with van der Waals surface area (Å²) in [6, 6.07) is -1.14. The van der Waals surface area contributed by atoms with Crippen LogP contribution in [0, 0.1) is 0 Å². The third-order valence-electron chi connectivity index (χ3n) is 1.11. The molecule has 0 unspecified atom stereocenters. The number of aliphatic hydroxyl groups is 3. The summed E-state index contributed by atoms with van der Waals surface area (Å²) in [5, 5.41) is 26.0. The molecule has 0 saturated carbocycles. The Hall–Kier alpha value is -0.490. The van der Waals surface area contributed by atoms with E-state index in [1.54, 1.807) is 5.73 Å². The molecule has 0 aromatic heterocycles. The lowest BCUT2D eigenvalue weighted by Gasteiger charge is -2.17. The van der Waals surface area contributed by atoms with E-state index in [-0.39, 0.29) is 6.29 Å². The number of hydrogen-bond donors (Lipinski definition) is 4. The molecule has 0 aliphatic rings. The molecule has 0 radical (unpaired) electrons. The first-order chi connectivity index (χ1) is 5.17. The van der Waals surface area contributed by atoms with Crippen LogP contribution in [0.1, 0.15) is 0 Å². The van der Waals surface area contributed by atoms with Crippen LogP contribution < -0.4 is 5.73 Å². The average Bonchev–Trinajstić information content (AvgIpc) is 2.05. The lowest BCUT2D eigenvalue weighted by Crippen LogP contribution is -2.47. The summed E-state index contributed by atoms with van der Waals surface area (Å²) in [4.78, 5) is 9.96. The van der Waals surface area contributed by atoms with Gasteiger partial charge in [0.2, 0.25) is 0 Å². The van der Waals surface area contributed by atoms with Gasteiger partial charge in [0, 0.05) is 0 Å². The van der Waals surface area contributed by atoms with E-state index in [2.05, 4.69) is 0 Å². The lowest BCUT2D eigenvalue weighted by molar-refractivity contribution is -0.117. The van der Waals surface area contributed by atoms with E-state index in [0.717, 1.165) is 0 Å². The van der Waals surface area contributed by atoms with E-state index in [0.29, 0.717) is 0 Å². The molecule has 0 aliphatic carbocycles. The van der Waals surface area contributed by atoms with Gasteiger partial charge in [-0.3, -0.25) is 0 Å². The summed E-state index contributed by atoms with van der Waals surface area (Å²) in [6.07, 6.45) is -2.60. The fourth-order valence-electron chi connectivity index (χ4n) is 0.426. The largest absolute Gasteiger partial charge is 0.394 e. The summed E-state index contributed by atoms with van der Waals surface area (Å²) in [5.74, 6) is 0. The Morgan fingerprint density at radius 2 is 2.30 bits per heavy atom. The van der Waals surface area contributed by atoms with E-state index < -0.39 is 24.9 Å². The van der Waals surface area contributed by atoms with Crippen LogP contribution in [0.2, 0.25) is 1.41 Å². The molecular formula is C5H11NO4. The summed E-state index contributed by atoms with van der Waals surface area (Å²) in [5.41, 5.74) is 1.76. The summed E-state index contributed by atoms with van der Waals surface area (Å²) in [6.45, 7) is -0.610. The number of hydrogen-bond acceptors (Lipinski definition) is 5. The van der Waals surface area contributed by atoms with Crippen LogP contribution in [-0.4, -0.2) is 46.5 Å². The van der Waals surface area contributed by atoms with Crippen LogP contribution >= 0.6 is 0 Å². The molecule has 0 aromatic rings. The van der Waals surface area contributed by atoms with Crippen LogP contribution in [0.3, 0.4) is 0 Å². The number of rotatable bonds is 5. The number of nitrogens with two attached hydrogens (primary N) is 1. The SMILES string of the molecule is [2H]N[C@H]([C@H](O)CO)[C@@H](O)C=O. The number of aliphatic hydroxyl groups excluding tert-OH is 3. The minimum atomic E-state index is -1.48. The van der Waals surface area contributed by atoms with Gasteiger partial charge in [0.05, 0.1) is 18.8 Å². The van der Waals surface area contributed by atoms with Gasteiger partial charge < -0.3 is 25.8 Å². The molecule has 0 rings (SSSR count). The van der Waals surface area contributed by atoms with Crippen LogP contribution in [0.25, 0.3) is 0 Å². The Bertz CT molecular complexity index is 123. The fraction of sp³-hybridized carbons (Fsp3) is 0.800. The summed E-state index contributed by atoms with van der Waals surface area (Å²) >= 11 is 0. The van der Waals surface area contributed by atoms with E-state index >= 15 is 0 Å². The van der Waals surface area contributed by atoms with Gasteiger partial charge >= 0.3 is 0 Å². The molecule has 10 heavy (non-hydrogen) atoms. The molecule has 0 saturated heterocycles. The van der Waals surface area contributed by atoms with Crippen molar-refractivity contribution in [1.82, 2.24) is 0 Å². The van der Waals surface area contributed by atoms with E-state index in [9.17, 15) is 4.79 Å². The zero-order valence-electron chi connectivity index (χ0n) is 6.27. The molecule has 0 amide bonds. The molecule has 0 aromatic carbocycles. The van der Waals surface area contributed by atoms with Crippen molar-refractivity contribution in [3.05, 3.63) is 0 Å². The highest BCUT2D eigenvalue weighted by atomic mass is 16.3. The zero-order valence-corrected chi connectivity index (χ0v) is 5.27. The van der Waals surface area contributed by atoms with E-state index in [1.165, 1.54) is 0 Å². The van der Waals surface area contributed by atoms with Crippen molar-refractivity contribution in [2.24, 2.45) is 5.73 Å². The van der Waals surface area contributed by atoms with Crippen molar-refractivity contribution in [3.8, 4) is 0 Å². The molecule has 0 heterocycles. The molecule has 0 fully saturated rings. The van der Waals surface area contributed by atoms with E-state index in [4.69, 9.17) is 16.7 Å². The third-order valence-corrected chi connectivity index (χ3v) is 1.11. The highest BCUT2D eigenvalue weighted by molar-refractivity contribution is 5.57. The van der Waals surface area contributed by atoms with Crippen molar-refractivity contribution in [3.63, 3.8) is 0 Å². The van der Waals surface area contributed by atoms with Gasteiger partial charge in [-0.05, 0) is 0 Å². The number of carbonyl (C=O) groups excluding carboxylic acids is 1. The average molecular weight is 150 g/mol. The van der Waals surface area contributed by atoms with Gasteiger partial charge in [-0.1, -0.05) is 0 Å². The Morgan fingerprint density at radius 1 is 1.70 bits per heavy atom. The second-order valence-electron chi connectivity index (χ2n) is 1.90. The van der Waals surface area contributed by atoms with Gasteiger partial charge in [0.15, 0.2) is 0 Å². The van der Waals surface area contributed by atoms with Crippen LogP contribution in [0.5, 0.6) is 0 Å². The van der Waals surface area contributed by atoms with E-state index in [1.807, 2.05) is 0 Å². The Morgan fingerprint density at radius 3 is 2.60 bits per heavy atom. The third kappa shape index (κ3) is 2.40. The first-order valence-corrected chi connectivity index (χ1v) is 2.77. The molecule has 60 valence electrons. The second-order valence-corrected chi connectivity index (χ2v) is 1.90. The van der Waals surface area contributed by atoms with Crippen molar-refractivity contribution in [2.75, 3.05) is 6.61 Å². The smallest absolute Gasteiger partial charge is 0.150 e. The van der Waals surface area contributed by atoms with Gasteiger partial charge in [0.1, 0.15) is 13.8 Å². The molecular weight excluding hydrogens is 138 g/mol. The fourth-order valence-corrected chi connectivity index (χ4v) is 0.426. The maximum absolute atomic E-state index is 9.96. The highest BCUT2D eigenvalue weighted by Crippen LogP contribution is 1.93. The normalized spacial score (nSPS) is 20.9. The standard InChI is InChI=1S/C5H11NO4/c6-5(3(9)1-7)4(10)2-8/h1,3-5,8-10H,2,6H2/t3-,4+,5-/m0/s1/i/hD. The molecule has 3 atom stereocenters. The monoisotopic (exact) mass is 150 g/mol. The first kappa shape index (κ1) is 7.62.